The van der Waals surface area contributed by atoms with Crippen molar-refractivity contribution in [2.75, 3.05) is 32.1 Å². The van der Waals surface area contributed by atoms with Gasteiger partial charge in [-0.15, -0.1) is 0 Å². The Balaban J connectivity index is 2.12. The maximum absolute atomic E-state index is 12.9. The molecule has 0 radical (unpaired) electrons. The molecule has 0 spiro atoms. The third kappa shape index (κ3) is 2.76. The number of nitrogens with one attached hydrogen (secondary N) is 1. The number of ether oxygens (including phenoxy) is 1. The minimum absolute atomic E-state index is 0.179. The maximum atomic E-state index is 12.9. The zero-order chi connectivity index (χ0) is 12.3. The molecule has 1 saturated heterocycles. The second-order valence-corrected chi connectivity index (χ2v) is 4.42. The van der Waals surface area contributed by atoms with Crippen LogP contribution in [-0.2, 0) is 4.74 Å². The van der Waals surface area contributed by atoms with Crippen molar-refractivity contribution in [3.8, 4) is 0 Å². The molecule has 1 heterocycles. The van der Waals surface area contributed by atoms with E-state index in [1.807, 2.05) is 19.2 Å². The monoisotopic (exact) mass is 238 g/mol. The van der Waals surface area contributed by atoms with Gasteiger partial charge in [-0.25, -0.2) is 4.39 Å². The topological polar surface area (TPSA) is 24.5 Å². The van der Waals surface area contributed by atoms with E-state index < -0.39 is 0 Å². The third-order valence-corrected chi connectivity index (χ3v) is 3.43. The molecule has 4 heteroatoms. The van der Waals surface area contributed by atoms with Crippen molar-refractivity contribution in [1.82, 2.24) is 5.32 Å². The summed E-state index contributed by atoms with van der Waals surface area (Å²) in [5.74, 6) is -0.198. The largest absolute Gasteiger partial charge is 0.378 e. The molecule has 0 saturated carbocycles. The van der Waals surface area contributed by atoms with Crippen molar-refractivity contribution in [3.63, 3.8) is 0 Å². The Hall–Kier alpha value is -1.13. The molecule has 0 bridgehead atoms. The van der Waals surface area contributed by atoms with E-state index in [1.165, 1.54) is 12.1 Å². The highest BCUT2D eigenvalue weighted by Gasteiger charge is 2.28. The van der Waals surface area contributed by atoms with Gasteiger partial charge in [0.25, 0.3) is 0 Å². The first-order valence-corrected chi connectivity index (χ1v) is 5.94. The number of nitrogens with zero attached hydrogens (tertiary/aromatic N) is 1. The number of hydrogen-bond donors (Lipinski definition) is 1. The van der Waals surface area contributed by atoms with Gasteiger partial charge in [-0.3, -0.25) is 0 Å². The minimum atomic E-state index is -0.198. The Morgan fingerprint density at radius 2 is 2.06 bits per heavy atom. The first-order chi connectivity index (χ1) is 8.22. The summed E-state index contributed by atoms with van der Waals surface area (Å²) >= 11 is 0. The summed E-state index contributed by atoms with van der Waals surface area (Å²) in [5.41, 5.74) is 1.03. The number of benzene rings is 1. The number of hydrogen-bond acceptors (Lipinski definition) is 3. The van der Waals surface area contributed by atoms with E-state index in [9.17, 15) is 4.39 Å². The molecule has 1 aliphatic rings. The summed E-state index contributed by atoms with van der Waals surface area (Å²) < 4.78 is 18.4. The Morgan fingerprint density at radius 3 is 2.71 bits per heavy atom. The predicted molar refractivity (Wildman–Crippen MR) is 66.9 cm³/mol. The van der Waals surface area contributed by atoms with Crippen LogP contribution in [0, 0.1) is 5.82 Å². The van der Waals surface area contributed by atoms with Gasteiger partial charge < -0.3 is 15.0 Å². The molecule has 3 nitrogen and oxygen atoms in total. The average Bonchev–Trinajstić information content (AvgIpc) is 2.39. The fraction of sp³-hybridized carbons (Fsp3) is 0.538. The number of rotatable bonds is 3. The van der Waals surface area contributed by atoms with Crippen molar-refractivity contribution in [2.45, 2.75) is 18.6 Å². The molecule has 2 unspecified atom stereocenters. The summed E-state index contributed by atoms with van der Waals surface area (Å²) in [6.07, 6.45) is 1.21. The molecule has 2 rings (SSSR count). The molecular formula is C13H19FN2O. The van der Waals surface area contributed by atoms with Crippen LogP contribution in [-0.4, -0.2) is 39.4 Å². The lowest BCUT2D eigenvalue weighted by Gasteiger charge is -2.38. The zero-order valence-corrected chi connectivity index (χ0v) is 10.3. The maximum Gasteiger partial charge on any atom is 0.123 e. The van der Waals surface area contributed by atoms with Crippen molar-refractivity contribution in [2.24, 2.45) is 0 Å². The quantitative estimate of drug-likeness (QED) is 0.866. The van der Waals surface area contributed by atoms with Crippen LogP contribution in [0.2, 0.25) is 0 Å². The van der Waals surface area contributed by atoms with Gasteiger partial charge in [0.05, 0.1) is 12.1 Å². The van der Waals surface area contributed by atoms with Gasteiger partial charge in [-0.05, 0) is 37.2 Å². The van der Waals surface area contributed by atoms with E-state index in [-0.39, 0.29) is 11.9 Å². The predicted octanol–water partition coefficient (Wildman–Crippen LogP) is 1.64. The number of piperidine rings is 1. The van der Waals surface area contributed by atoms with Gasteiger partial charge in [0.1, 0.15) is 5.82 Å². The van der Waals surface area contributed by atoms with Crippen molar-refractivity contribution in [3.05, 3.63) is 30.1 Å². The Labute approximate surface area is 102 Å². The van der Waals surface area contributed by atoms with Crippen LogP contribution in [0.15, 0.2) is 24.3 Å². The SMILES string of the molecule is COC1CNCCC1N(C)c1ccc(F)cc1. The number of methoxy groups -OCH3 is 1. The highest BCUT2D eigenvalue weighted by Crippen LogP contribution is 2.21. The fourth-order valence-electron chi connectivity index (χ4n) is 2.37. The van der Waals surface area contributed by atoms with Gasteiger partial charge in [0.2, 0.25) is 0 Å². The molecule has 1 aromatic carbocycles. The Morgan fingerprint density at radius 1 is 1.35 bits per heavy atom. The summed E-state index contributed by atoms with van der Waals surface area (Å²) in [4.78, 5) is 2.18. The summed E-state index contributed by atoms with van der Waals surface area (Å²) in [6, 6.07) is 6.95. The molecular weight excluding hydrogens is 219 g/mol. The molecule has 2 atom stereocenters. The average molecular weight is 238 g/mol. The molecule has 0 aromatic heterocycles. The highest BCUT2D eigenvalue weighted by molar-refractivity contribution is 5.46. The van der Waals surface area contributed by atoms with Crippen LogP contribution in [0.5, 0.6) is 0 Å². The standard InChI is InChI=1S/C13H19FN2O/c1-16(11-5-3-10(14)4-6-11)12-7-8-15-9-13(12)17-2/h3-6,12-13,15H,7-9H2,1-2H3. The van der Waals surface area contributed by atoms with Gasteiger partial charge >= 0.3 is 0 Å². The Bertz CT molecular complexity index is 355. The minimum Gasteiger partial charge on any atom is -0.378 e. The van der Waals surface area contributed by atoms with Crippen LogP contribution in [0.25, 0.3) is 0 Å². The van der Waals surface area contributed by atoms with E-state index in [4.69, 9.17) is 4.74 Å². The summed E-state index contributed by atoms with van der Waals surface area (Å²) in [5, 5.41) is 3.32. The number of halogens is 1. The van der Waals surface area contributed by atoms with Gasteiger partial charge in [0, 0.05) is 26.4 Å². The molecule has 1 aliphatic heterocycles. The van der Waals surface area contributed by atoms with E-state index >= 15 is 0 Å². The molecule has 0 aliphatic carbocycles. The molecule has 0 amide bonds. The summed E-state index contributed by atoms with van der Waals surface area (Å²) in [6.45, 7) is 1.86. The van der Waals surface area contributed by atoms with Crippen LogP contribution in [0.1, 0.15) is 6.42 Å². The summed E-state index contributed by atoms with van der Waals surface area (Å²) in [7, 11) is 3.78. The van der Waals surface area contributed by atoms with Crippen molar-refractivity contribution in [1.29, 1.82) is 0 Å². The molecule has 94 valence electrons. The first kappa shape index (κ1) is 12.3. The lowest BCUT2D eigenvalue weighted by Crippen LogP contribution is -2.52. The van der Waals surface area contributed by atoms with Crippen LogP contribution in [0.4, 0.5) is 10.1 Å². The van der Waals surface area contributed by atoms with Crippen LogP contribution >= 0.6 is 0 Å². The number of anilines is 1. The van der Waals surface area contributed by atoms with E-state index in [1.54, 1.807) is 7.11 Å². The first-order valence-electron chi connectivity index (χ1n) is 5.94. The zero-order valence-electron chi connectivity index (χ0n) is 10.3. The van der Waals surface area contributed by atoms with Crippen molar-refractivity contribution >= 4 is 5.69 Å². The van der Waals surface area contributed by atoms with Crippen LogP contribution < -0.4 is 10.2 Å². The molecule has 1 fully saturated rings. The highest BCUT2D eigenvalue weighted by atomic mass is 19.1. The van der Waals surface area contributed by atoms with Gasteiger partial charge in [-0.2, -0.15) is 0 Å². The smallest absolute Gasteiger partial charge is 0.123 e. The lowest BCUT2D eigenvalue weighted by atomic mass is 10.0. The second-order valence-electron chi connectivity index (χ2n) is 4.42. The van der Waals surface area contributed by atoms with Gasteiger partial charge in [0.15, 0.2) is 0 Å². The van der Waals surface area contributed by atoms with Crippen molar-refractivity contribution < 1.29 is 9.13 Å². The molecule has 17 heavy (non-hydrogen) atoms. The molecule has 1 N–H and O–H groups in total. The van der Waals surface area contributed by atoms with E-state index in [0.29, 0.717) is 6.04 Å². The fourth-order valence-corrected chi connectivity index (χ4v) is 2.37. The second kappa shape index (κ2) is 5.47. The Kier molecular flexibility index (Phi) is 3.97. The lowest BCUT2D eigenvalue weighted by molar-refractivity contribution is 0.0630. The normalized spacial score (nSPS) is 24.6. The van der Waals surface area contributed by atoms with Gasteiger partial charge in [-0.1, -0.05) is 0 Å². The van der Waals surface area contributed by atoms with Crippen LogP contribution in [0.3, 0.4) is 0 Å². The number of likely N-dealkylation sites (N-methyl/N-ethyl adjacent to an activating group) is 1. The van der Waals surface area contributed by atoms with E-state index in [2.05, 4.69) is 10.2 Å². The van der Waals surface area contributed by atoms with E-state index in [0.717, 1.165) is 25.2 Å². The third-order valence-electron chi connectivity index (χ3n) is 3.43. The molecule has 1 aromatic rings.